The Bertz CT molecular complexity index is 350. The Hall–Kier alpha value is -0.620. The summed E-state index contributed by atoms with van der Waals surface area (Å²) in [5.41, 5.74) is 0. The van der Waals surface area contributed by atoms with Crippen LogP contribution in [0.5, 0.6) is 0 Å². The highest BCUT2D eigenvalue weighted by molar-refractivity contribution is 7.89. The van der Waals surface area contributed by atoms with Crippen molar-refractivity contribution in [1.29, 1.82) is 0 Å². The SMILES string of the molecule is CC(C)S(=O)(=O)N1CCC(CCC(=O)O)C1. The molecule has 0 spiro atoms. The average molecular weight is 249 g/mol. The topological polar surface area (TPSA) is 74.7 Å². The van der Waals surface area contributed by atoms with Gasteiger partial charge in [0.15, 0.2) is 0 Å². The number of rotatable bonds is 5. The van der Waals surface area contributed by atoms with Crippen LogP contribution in [0.25, 0.3) is 0 Å². The van der Waals surface area contributed by atoms with Crippen molar-refractivity contribution in [3.05, 3.63) is 0 Å². The molecule has 0 amide bonds. The summed E-state index contributed by atoms with van der Waals surface area (Å²) < 4.78 is 25.1. The van der Waals surface area contributed by atoms with Crippen LogP contribution in [-0.4, -0.2) is 42.1 Å². The number of sulfonamides is 1. The molecule has 0 aromatic heterocycles. The van der Waals surface area contributed by atoms with Crippen molar-refractivity contribution in [1.82, 2.24) is 4.31 Å². The molecule has 1 saturated heterocycles. The second-order valence-corrected chi connectivity index (χ2v) is 7.03. The van der Waals surface area contributed by atoms with Crippen LogP contribution in [0.15, 0.2) is 0 Å². The van der Waals surface area contributed by atoms with Crippen LogP contribution >= 0.6 is 0 Å². The van der Waals surface area contributed by atoms with Crippen LogP contribution in [0.3, 0.4) is 0 Å². The van der Waals surface area contributed by atoms with Gasteiger partial charge in [0.25, 0.3) is 0 Å². The summed E-state index contributed by atoms with van der Waals surface area (Å²) in [4.78, 5) is 10.4. The average Bonchev–Trinajstić information content (AvgIpc) is 2.63. The molecule has 1 fully saturated rings. The highest BCUT2D eigenvalue weighted by Gasteiger charge is 2.33. The summed E-state index contributed by atoms with van der Waals surface area (Å²) >= 11 is 0. The third-order valence-electron chi connectivity index (χ3n) is 2.97. The van der Waals surface area contributed by atoms with Gasteiger partial charge in [0.05, 0.1) is 5.25 Å². The Labute approximate surface area is 96.5 Å². The largest absolute Gasteiger partial charge is 0.481 e. The van der Waals surface area contributed by atoms with Gasteiger partial charge in [0.2, 0.25) is 10.0 Å². The molecule has 0 aliphatic carbocycles. The molecule has 1 rings (SSSR count). The molecule has 1 aliphatic heterocycles. The quantitative estimate of drug-likeness (QED) is 0.786. The van der Waals surface area contributed by atoms with E-state index >= 15 is 0 Å². The zero-order valence-electron chi connectivity index (χ0n) is 9.72. The molecule has 5 nitrogen and oxygen atoms in total. The van der Waals surface area contributed by atoms with Gasteiger partial charge in [-0.25, -0.2) is 12.7 Å². The van der Waals surface area contributed by atoms with E-state index in [9.17, 15) is 13.2 Å². The predicted octanol–water partition coefficient (Wildman–Crippen LogP) is 0.911. The molecule has 16 heavy (non-hydrogen) atoms. The van der Waals surface area contributed by atoms with Crippen molar-refractivity contribution in [2.24, 2.45) is 5.92 Å². The summed E-state index contributed by atoms with van der Waals surface area (Å²) in [7, 11) is -3.16. The molecular weight excluding hydrogens is 230 g/mol. The minimum absolute atomic E-state index is 0.125. The van der Waals surface area contributed by atoms with Crippen LogP contribution in [0.2, 0.25) is 0 Å². The summed E-state index contributed by atoms with van der Waals surface area (Å²) in [5, 5.41) is 8.16. The van der Waals surface area contributed by atoms with Crippen LogP contribution < -0.4 is 0 Å². The molecule has 0 bridgehead atoms. The van der Waals surface area contributed by atoms with E-state index in [1.807, 2.05) is 0 Å². The fourth-order valence-corrected chi connectivity index (χ4v) is 3.26. The van der Waals surface area contributed by atoms with E-state index in [4.69, 9.17) is 5.11 Å². The zero-order valence-corrected chi connectivity index (χ0v) is 10.5. The van der Waals surface area contributed by atoms with Crippen molar-refractivity contribution >= 4 is 16.0 Å². The molecule has 0 aromatic rings. The standard InChI is InChI=1S/C10H19NO4S/c1-8(2)16(14,15)11-6-5-9(7-11)3-4-10(12)13/h8-9H,3-7H2,1-2H3,(H,12,13). The minimum atomic E-state index is -3.16. The van der Waals surface area contributed by atoms with Crippen molar-refractivity contribution in [2.45, 2.75) is 38.4 Å². The molecule has 1 aliphatic rings. The van der Waals surface area contributed by atoms with E-state index < -0.39 is 21.2 Å². The first kappa shape index (κ1) is 13.4. The van der Waals surface area contributed by atoms with E-state index in [1.54, 1.807) is 13.8 Å². The van der Waals surface area contributed by atoms with E-state index in [-0.39, 0.29) is 12.3 Å². The van der Waals surface area contributed by atoms with E-state index in [2.05, 4.69) is 0 Å². The number of aliphatic carboxylic acids is 1. The monoisotopic (exact) mass is 249 g/mol. The highest BCUT2D eigenvalue weighted by atomic mass is 32.2. The van der Waals surface area contributed by atoms with Gasteiger partial charge < -0.3 is 5.11 Å². The minimum Gasteiger partial charge on any atom is -0.481 e. The second kappa shape index (κ2) is 5.14. The number of carboxylic acids is 1. The van der Waals surface area contributed by atoms with Gasteiger partial charge in [-0.1, -0.05) is 0 Å². The summed E-state index contributed by atoms with van der Waals surface area (Å²) in [5.74, 6) is -0.616. The van der Waals surface area contributed by atoms with Gasteiger partial charge in [-0.2, -0.15) is 0 Å². The van der Waals surface area contributed by atoms with Crippen molar-refractivity contribution in [3.8, 4) is 0 Å². The van der Waals surface area contributed by atoms with Gasteiger partial charge in [-0.15, -0.1) is 0 Å². The second-order valence-electron chi connectivity index (χ2n) is 4.54. The molecule has 94 valence electrons. The predicted molar refractivity (Wildman–Crippen MR) is 60.6 cm³/mol. The van der Waals surface area contributed by atoms with Gasteiger partial charge in [-0.05, 0) is 32.6 Å². The normalized spacial score (nSPS) is 22.8. The first-order valence-electron chi connectivity index (χ1n) is 5.54. The number of hydrogen-bond acceptors (Lipinski definition) is 3. The smallest absolute Gasteiger partial charge is 0.303 e. The molecule has 6 heteroatoms. The number of nitrogens with zero attached hydrogens (tertiary/aromatic N) is 1. The van der Waals surface area contributed by atoms with Crippen molar-refractivity contribution in [2.75, 3.05) is 13.1 Å². The Balaban J connectivity index is 2.50. The third-order valence-corrected chi connectivity index (χ3v) is 5.21. The van der Waals surface area contributed by atoms with E-state index in [0.29, 0.717) is 19.5 Å². The molecular formula is C10H19NO4S. The zero-order chi connectivity index (χ0) is 12.3. The maximum Gasteiger partial charge on any atom is 0.303 e. The number of carbonyl (C=O) groups is 1. The lowest BCUT2D eigenvalue weighted by Crippen LogP contribution is -2.34. The van der Waals surface area contributed by atoms with Crippen LogP contribution in [0, 0.1) is 5.92 Å². The van der Waals surface area contributed by atoms with Gasteiger partial charge in [0, 0.05) is 19.5 Å². The van der Waals surface area contributed by atoms with Crippen LogP contribution in [-0.2, 0) is 14.8 Å². The number of carboxylic acid groups (broad SMARTS) is 1. The maximum atomic E-state index is 11.8. The highest BCUT2D eigenvalue weighted by Crippen LogP contribution is 2.24. The van der Waals surface area contributed by atoms with Crippen LogP contribution in [0.4, 0.5) is 0 Å². The lowest BCUT2D eigenvalue weighted by Gasteiger charge is -2.18. The lowest BCUT2D eigenvalue weighted by molar-refractivity contribution is -0.137. The van der Waals surface area contributed by atoms with Gasteiger partial charge in [0.1, 0.15) is 0 Å². The molecule has 1 unspecified atom stereocenters. The van der Waals surface area contributed by atoms with E-state index in [1.165, 1.54) is 4.31 Å². The lowest BCUT2D eigenvalue weighted by atomic mass is 10.0. The Kier molecular flexibility index (Phi) is 4.32. The molecule has 0 saturated carbocycles. The Morgan fingerprint density at radius 2 is 2.12 bits per heavy atom. The van der Waals surface area contributed by atoms with Gasteiger partial charge >= 0.3 is 5.97 Å². The molecule has 1 N–H and O–H groups in total. The first-order chi connectivity index (χ1) is 7.34. The third kappa shape index (κ3) is 3.18. The summed E-state index contributed by atoms with van der Waals surface area (Å²) in [6.07, 6.45) is 1.47. The first-order valence-corrected chi connectivity index (χ1v) is 7.05. The molecule has 1 atom stereocenters. The summed E-state index contributed by atoms with van der Waals surface area (Å²) in [6.45, 7) is 4.35. The number of hydrogen-bond donors (Lipinski definition) is 1. The van der Waals surface area contributed by atoms with Crippen LogP contribution in [0.1, 0.15) is 33.1 Å². The fourth-order valence-electron chi connectivity index (χ4n) is 1.89. The Morgan fingerprint density at radius 3 is 2.62 bits per heavy atom. The molecule has 1 heterocycles. The van der Waals surface area contributed by atoms with Crippen molar-refractivity contribution < 1.29 is 18.3 Å². The molecule has 0 radical (unpaired) electrons. The Morgan fingerprint density at radius 1 is 1.50 bits per heavy atom. The molecule has 0 aromatic carbocycles. The van der Waals surface area contributed by atoms with Crippen molar-refractivity contribution in [3.63, 3.8) is 0 Å². The van der Waals surface area contributed by atoms with E-state index in [0.717, 1.165) is 6.42 Å². The van der Waals surface area contributed by atoms with Gasteiger partial charge in [-0.3, -0.25) is 4.79 Å². The maximum absolute atomic E-state index is 11.8. The summed E-state index contributed by atoms with van der Waals surface area (Å²) in [6, 6.07) is 0. The fraction of sp³-hybridized carbons (Fsp3) is 0.900.